The molecule has 1 heterocycles. The second kappa shape index (κ2) is 11.0. The molecular weight excluding hydrogens is 294 g/mol. The van der Waals surface area contributed by atoms with Crippen LogP contribution in [0.1, 0.15) is 66.2 Å². The van der Waals surface area contributed by atoms with Crippen molar-refractivity contribution in [3.05, 3.63) is 0 Å². The summed E-state index contributed by atoms with van der Waals surface area (Å²) >= 11 is 0. The van der Waals surface area contributed by atoms with Gasteiger partial charge in [0.2, 0.25) is 0 Å². The van der Waals surface area contributed by atoms with E-state index < -0.39 is 0 Å². The first-order valence-corrected chi connectivity index (χ1v) is 9.22. The fourth-order valence-corrected chi connectivity index (χ4v) is 2.80. The molecule has 0 aromatic carbocycles. The predicted molar refractivity (Wildman–Crippen MR) is 89.9 cm³/mol. The van der Waals surface area contributed by atoms with Crippen molar-refractivity contribution in [3.63, 3.8) is 0 Å². The van der Waals surface area contributed by atoms with E-state index in [0.717, 1.165) is 38.5 Å². The highest BCUT2D eigenvalue weighted by Crippen LogP contribution is 2.22. The molecule has 0 amide bonds. The molecule has 1 saturated heterocycles. The summed E-state index contributed by atoms with van der Waals surface area (Å²) < 4.78 is 17.8. The summed E-state index contributed by atoms with van der Waals surface area (Å²) in [5.41, 5.74) is 3.91. The number of carbonyl (C=O) groups excluding carboxylic acids is 1. The highest BCUT2D eigenvalue weighted by molar-refractivity contribution is 5.74. The van der Waals surface area contributed by atoms with Gasteiger partial charge in [-0.1, -0.05) is 33.6 Å². The van der Waals surface area contributed by atoms with Gasteiger partial charge < -0.3 is 19.9 Å². The number of esters is 1. The summed E-state index contributed by atoms with van der Waals surface area (Å²) in [6, 6.07) is -0.290. The lowest BCUT2D eigenvalue weighted by Gasteiger charge is -2.31. The molecule has 0 bridgehead atoms. The minimum absolute atomic E-state index is 0.0212. The first kappa shape index (κ1) is 20.4. The molecular formula is C18H36NO4+. The van der Waals surface area contributed by atoms with E-state index in [4.69, 9.17) is 14.2 Å². The number of unbranched alkanes of at least 4 members (excludes halogenated alkanes) is 2. The number of rotatable bonds is 8. The summed E-state index contributed by atoms with van der Waals surface area (Å²) in [6.45, 7) is 9.76. The van der Waals surface area contributed by atoms with Gasteiger partial charge in [-0.05, 0) is 32.1 Å². The van der Waals surface area contributed by atoms with Crippen LogP contribution in [0, 0.1) is 5.92 Å². The predicted octanol–water partition coefficient (Wildman–Crippen LogP) is 2.33. The lowest BCUT2D eigenvalue weighted by Crippen LogP contribution is -2.65. The van der Waals surface area contributed by atoms with Crippen LogP contribution in [-0.2, 0) is 19.0 Å². The molecule has 0 aromatic rings. The third-order valence-electron chi connectivity index (χ3n) is 4.21. The molecule has 0 aromatic heterocycles. The second-order valence-corrected chi connectivity index (χ2v) is 7.08. The van der Waals surface area contributed by atoms with E-state index in [2.05, 4.69) is 26.5 Å². The molecule has 5 nitrogen and oxygen atoms in total. The first-order valence-electron chi connectivity index (χ1n) is 9.22. The van der Waals surface area contributed by atoms with Gasteiger partial charge >= 0.3 is 5.97 Å². The zero-order chi connectivity index (χ0) is 17.2. The summed E-state index contributed by atoms with van der Waals surface area (Å²) in [7, 11) is 0. The monoisotopic (exact) mass is 330 g/mol. The van der Waals surface area contributed by atoms with E-state index in [1.165, 1.54) is 0 Å². The van der Waals surface area contributed by atoms with Crippen LogP contribution in [0.15, 0.2) is 0 Å². The Kier molecular flexibility index (Phi) is 9.75. The largest absolute Gasteiger partial charge is 0.455 e. The van der Waals surface area contributed by atoms with E-state index in [9.17, 15) is 4.79 Å². The summed E-state index contributed by atoms with van der Waals surface area (Å²) in [4.78, 5) is 12.0. The van der Waals surface area contributed by atoms with Crippen molar-refractivity contribution in [1.82, 2.24) is 0 Å². The Hall–Kier alpha value is -0.650. The molecule has 1 aliphatic rings. The zero-order valence-electron chi connectivity index (χ0n) is 15.4. The number of cyclic esters (lactones) is 1. The highest BCUT2D eigenvalue weighted by Gasteiger charge is 2.35. The van der Waals surface area contributed by atoms with Crippen LogP contribution in [0.25, 0.3) is 0 Å². The van der Waals surface area contributed by atoms with Gasteiger partial charge in [0.25, 0.3) is 0 Å². The first-order chi connectivity index (χ1) is 11.0. The van der Waals surface area contributed by atoms with Gasteiger partial charge in [0, 0.05) is 19.6 Å². The third kappa shape index (κ3) is 7.64. The van der Waals surface area contributed by atoms with Crippen molar-refractivity contribution in [2.45, 2.75) is 90.6 Å². The van der Waals surface area contributed by atoms with Crippen molar-refractivity contribution in [3.8, 4) is 0 Å². The van der Waals surface area contributed by atoms with Crippen LogP contribution in [-0.4, -0.2) is 43.5 Å². The smallest absolute Gasteiger partial charge is 0.365 e. The van der Waals surface area contributed by atoms with E-state index in [0.29, 0.717) is 19.1 Å². The van der Waals surface area contributed by atoms with Crippen molar-refractivity contribution in [1.29, 1.82) is 0 Å². The quantitative estimate of drug-likeness (QED) is 0.547. The maximum Gasteiger partial charge on any atom is 0.365 e. The lowest BCUT2D eigenvalue weighted by atomic mass is 10.0. The van der Waals surface area contributed by atoms with E-state index >= 15 is 0 Å². The van der Waals surface area contributed by atoms with Crippen molar-refractivity contribution < 1.29 is 24.7 Å². The van der Waals surface area contributed by atoms with Crippen molar-refractivity contribution in [2.75, 3.05) is 13.2 Å². The number of hydrogen-bond acceptors (Lipinski definition) is 4. The van der Waals surface area contributed by atoms with Crippen LogP contribution in [0.2, 0.25) is 0 Å². The highest BCUT2D eigenvalue weighted by atomic mass is 16.6. The van der Waals surface area contributed by atoms with Crippen LogP contribution < -0.4 is 5.73 Å². The fourth-order valence-electron chi connectivity index (χ4n) is 2.80. The van der Waals surface area contributed by atoms with Gasteiger partial charge in [0.05, 0.1) is 6.10 Å². The lowest BCUT2D eigenvalue weighted by molar-refractivity contribution is -0.410. The molecule has 4 atom stereocenters. The van der Waals surface area contributed by atoms with Gasteiger partial charge in [-0.15, -0.1) is 0 Å². The van der Waals surface area contributed by atoms with Crippen LogP contribution in [0.4, 0.5) is 0 Å². The Balaban J connectivity index is 2.73. The topological polar surface area (TPSA) is 72.4 Å². The Labute approximate surface area is 141 Å². The molecule has 0 radical (unpaired) electrons. The van der Waals surface area contributed by atoms with Crippen molar-refractivity contribution >= 4 is 5.97 Å². The SMILES string of the molecule is CCCCCO[C@H]1[C@H](C)OC(=O)[C@@H]([NH3+])CCC[C@@H]1OCC(C)C. The van der Waals surface area contributed by atoms with E-state index in [1.807, 2.05) is 6.92 Å². The average molecular weight is 330 g/mol. The molecule has 3 N–H and O–H groups in total. The van der Waals surface area contributed by atoms with Gasteiger partial charge in [-0.3, -0.25) is 0 Å². The molecule has 0 spiro atoms. The Morgan fingerprint density at radius 1 is 1.26 bits per heavy atom. The minimum Gasteiger partial charge on any atom is -0.455 e. The zero-order valence-corrected chi connectivity index (χ0v) is 15.4. The number of hydrogen-bond donors (Lipinski definition) is 1. The third-order valence-corrected chi connectivity index (χ3v) is 4.21. The van der Waals surface area contributed by atoms with E-state index in [-0.39, 0.29) is 30.3 Å². The summed E-state index contributed by atoms with van der Waals surface area (Å²) in [5.74, 6) is 0.256. The molecule has 1 aliphatic heterocycles. The molecule has 136 valence electrons. The molecule has 0 aliphatic carbocycles. The van der Waals surface area contributed by atoms with Gasteiger partial charge in [-0.2, -0.15) is 0 Å². The normalized spacial score (nSPS) is 29.7. The molecule has 5 heteroatoms. The Morgan fingerprint density at radius 2 is 2.00 bits per heavy atom. The van der Waals surface area contributed by atoms with Crippen molar-refractivity contribution in [2.24, 2.45) is 5.92 Å². The van der Waals surface area contributed by atoms with Gasteiger partial charge in [0.1, 0.15) is 12.2 Å². The summed E-state index contributed by atoms with van der Waals surface area (Å²) in [5, 5.41) is 0. The van der Waals surface area contributed by atoms with E-state index in [1.54, 1.807) is 0 Å². The maximum absolute atomic E-state index is 12.0. The van der Waals surface area contributed by atoms with Gasteiger partial charge in [0.15, 0.2) is 6.04 Å². The maximum atomic E-state index is 12.0. The van der Waals surface area contributed by atoms with Gasteiger partial charge in [-0.25, -0.2) is 4.79 Å². The Morgan fingerprint density at radius 3 is 2.65 bits per heavy atom. The molecule has 0 saturated carbocycles. The molecule has 1 fully saturated rings. The summed E-state index contributed by atoms with van der Waals surface area (Å²) in [6.07, 6.45) is 5.37. The minimum atomic E-state index is -0.302. The molecule has 23 heavy (non-hydrogen) atoms. The fraction of sp³-hybridized carbons (Fsp3) is 0.944. The standard InChI is InChI=1S/C18H35NO4/c1-5-6-7-11-21-17-14(4)23-18(20)15(19)9-8-10-16(17)22-12-13(2)3/h13-17H,5-12,19H2,1-4H3/p+1/t14-,15-,16-,17-/m0/s1. The van der Waals surface area contributed by atoms with Crippen LogP contribution in [0.5, 0.6) is 0 Å². The Bertz CT molecular complexity index is 335. The van der Waals surface area contributed by atoms with Crippen LogP contribution >= 0.6 is 0 Å². The van der Waals surface area contributed by atoms with Crippen LogP contribution in [0.3, 0.4) is 0 Å². The molecule has 1 rings (SSSR count). The number of quaternary nitrogens is 1. The number of carbonyl (C=O) groups is 1. The second-order valence-electron chi connectivity index (χ2n) is 7.08. The molecule has 0 unspecified atom stereocenters. The number of ether oxygens (including phenoxy) is 3. The average Bonchev–Trinajstić information content (AvgIpc) is 2.54.